The third-order valence-corrected chi connectivity index (χ3v) is 3.41. The smallest absolute Gasteiger partial charge is 0.0700 e. The number of nitrogens with one attached hydrogen (secondary N) is 1. The number of hydrogen-bond donors (Lipinski definition) is 1. The maximum atomic E-state index is 5.55. The second-order valence-electron chi connectivity index (χ2n) is 5.22. The van der Waals surface area contributed by atoms with Gasteiger partial charge in [0.1, 0.15) is 0 Å². The molecule has 2 rings (SSSR count). The number of aromatic nitrogens is 2. The normalized spacial score (nSPS) is 24.8. The van der Waals surface area contributed by atoms with E-state index in [4.69, 9.17) is 4.74 Å². The van der Waals surface area contributed by atoms with E-state index in [2.05, 4.69) is 37.4 Å². The van der Waals surface area contributed by atoms with Gasteiger partial charge in [0, 0.05) is 38.0 Å². The van der Waals surface area contributed by atoms with Gasteiger partial charge >= 0.3 is 0 Å². The van der Waals surface area contributed by atoms with Crippen LogP contribution in [0.15, 0.2) is 6.20 Å². The van der Waals surface area contributed by atoms with Crippen LogP contribution in [0.1, 0.15) is 44.4 Å². The molecule has 0 aromatic carbocycles. The van der Waals surface area contributed by atoms with Crippen molar-refractivity contribution in [2.45, 2.75) is 51.8 Å². The van der Waals surface area contributed by atoms with Crippen LogP contribution in [-0.2, 0) is 18.3 Å². The van der Waals surface area contributed by atoms with Crippen LogP contribution in [0.2, 0.25) is 0 Å². The number of nitrogens with zero attached hydrogens (tertiary/aromatic N) is 2. The van der Waals surface area contributed by atoms with Gasteiger partial charge in [0.2, 0.25) is 0 Å². The number of ether oxygens (including phenoxy) is 1. The summed E-state index contributed by atoms with van der Waals surface area (Å²) >= 11 is 0. The van der Waals surface area contributed by atoms with Gasteiger partial charge in [-0.1, -0.05) is 13.8 Å². The Morgan fingerprint density at radius 1 is 1.59 bits per heavy atom. The molecule has 1 fully saturated rings. The van der Waals surface area contributed by atoms with Gasteiger partial charge in [-0.2, -0.15) is 5.10 Å². The molecule has 0 spiro atoms. The molecule has 1 aliphatic heterocycles. The molecule has 1 aliphatic rings. The van der Waals surface area contributed by atoms with Gasteiger partial charge in [-0.05, 0) is 19.3 Å². The lowest BCUT2D eigenvalue weighted by Crippen LogP contribution is -2.34. The molecule has 0 bridgehead atoms. The van der Waals surface area contributed by atoms with Crippen molar-refractivity contribution in [3.05, 3.63) is 17.5 Å². The van der Waals surface area contributed by atoms with E-state index in [1.807, 2.05) is 11.7 Å². The van der Waals surface area contributed by atoms with Crippen molar-refractivity contribution in [3.8, 4) is 0 Å². The van der Waals surface area contributed by atoms with Crippen LogP contribution in [-0.4, -0.2) is 28.5 Å². The van der Waals surface area contributed by atoms with Crippen molar-refractivity contribution in [3.63, 3.8) is 0 Å². The zero-order chi connectivity index (χ0) is 12.4. The van der Waals surface area contributed by atoms with Crippen molar-refractivity contribution in [2.75, 3.05) is 6.61 Å². The molecule has 0 saturated carbocycles. The van der Waals surface area contributed by atoms with E-state index < -0.39 is 0 Å². The molecule has 1 N–H and O–H groups in total. The Morgan fingerprint density at radius 2 is 2.35 bits per heavy atom. The molecule has 1 aromatic heterocycles. The van der Waals surface area contributed by atoms with Crippen molar-refractivity contribution < 1.29 is 4.74 Å². The molecule has 17 heavy (non-hydrogen) atoms. The van der Waals surface area contributed by atoms with E-state index in [0.717, 1.165) is 19.6 Å². The maximum Gasteiger partial charge on any atom is 0.0700 e. The first-order valence-corrected chi connectivity index (χ1v) is 6.45. The highest BCUT2D eigenvalue weighted by Crippen LogP contribution is 2.18. The Morgan fingerprint density at radius 3 is 2.94 bits per heavy atom. The van der Waals surface area contributed by atoms with Crippen LogP contribution >= 0.6 is 0 Å². The summed E-state index contributed by atoms with van der Waals surface area (Å²) in [4.78, 5) is 0. The van der Waals surface area contributed by atoms with Crippen LogP contribution in [0, 0.1) is 0 Å². The summed E-state index contributed by atoms with van der Waals surface area (Å²) in [5.74, 6) is 0.477. The van der Waals surface area contributed by atoms with Crippen LogP contribution in [0.4, 0.5) is 0 Å². The molecule has 0 aliphatic carbocycles. The fourth-order valence-electron chi connectivity index (χ4n) is 2.42. The minimum Gasteiger partial charge on any atom is -0.377 e. The van der Waals surface area contributed by atoms with Gasteiger partial charge in [-0.25, -0.2) is 0 Å². The van der Waals surface area contributed by atoms with E-state index in [1.165, 1.54) is 11.3 Å². The topological polar surface area (TPSA) is 39.1 Å². The third-order valence-electron chi connectivity index (χ3n) is 3.41. The SMILES string of the molecule is CC(C)c1nn(C)cc1CNC1CCOC1C. The average molecular weight is 237 g/mol. The first-order chi connectivity index (χ1) is 8.08. The second-order valence-corrected chi connectivity index (χ2v) is 5.22. The van der Waals surface area contributed by atoms with Crippen LogP contribution in [0.3, 0.4) is 0 Å². The molecule has 1 saturated heterocycles. The Balaban J connectivity index is 1.98. The van der Waals surface area contributed by atoms with Gasteiger partial charge in [0.25, 0.3) is 0 Å². The zero-order valence-corrected chi connectivity index (χ0v) is 11.2. The Kier molecular flexibility index (Phi) is 3.84. The molecule has 4 heteroatoms. The van der Waals surface area contributed by atoms with Gasteiger partial charge in [-0.3, -0.25) is 4.68 Å². The largest absolute Gasteiger partial charge is 0.377 e. The van der Waals surface area contributed by atoms with Gasteiger partial charge in [0.15, 0.2) is 0 Å². The second kappa shape index (κ2) is 5.19. The van der Waals surface area contributed by atoms with Gasteiger partial charge < -0.3 is 10.1 Å². The van der Waals surface area contributed by atoms with E-state index in [9.17, 15) is 0 Å². The summed E-state index contributed by atoms with van der Waals surface area (Å²) in [7, 11) is 1.98. The Bertz CT molecular complexity index is 373. The summed E-state index contributed by atoms with van der Waals surface area (Å²) in [6.45, 7) is 8.28. The molecule has 96 valence electrons. The predicted molar refractivity (Wildman–Crippen MR) is 68.0 cm³/mol. The fourth-order valence-corrected chi connectivity index (χ4v) is 2.42. The van der Waals surface area contributed by atoms with Crippen molar-refractivity contribution in [1.82, 2.24) is 15.1 Å². The first-order valence-electron chi connectivity index (χ1n) is 6.45. The number of rotatable bonds is 4. The zero-order valence-electron chi connectivity index (χ0n) is 11.2. The lowest BCUT2D eigenvalue weighted by Gasteiger charge is -2.16. The maximum absolute atomic E-state index is 5.55. The van der Waals surface area contributed by atoms with Crippen LogP contribution in [0.25, 0.3) is 0 Å². The molecule has 4 nitrogen and oxygen atoms in total. The highest BCUT2D eigenvalue weighted by Gasteiger charge is 2.24. The summed E-state index contributed by atoms with van der Waals surface area (Å²) in [6.07, 6.45) is 3.55. The monoisotopic (exact) mass is 237 g/mol. The quantitative estimate of drug-likeness (QED) is 0.868. The molecular weight excluding hydrogens is 214 g/mol. The van der Waals surface area contributed by atoms with Crippen molar-refractivity contribution in [1.29, 1.82) is 0 Å². The Labute approximate surface area is 103 Å². The molecule has 2 atom stereocenters. The fraction of sp³-hybridized carbons (Fsp3) is 0.769. The van der Waals surface area contributed by atoms with E-state index in [-0.39, 0.29) is 0 Å². The molecule has 0 amide bonds. The molecular formula is C13H23N3O. The van der Waals surface area contributed by atoms with Crippen molar-refractivity contribution >= 4 is 0 Å². The van der Waals surface area contributed by atoms with E-state index in [0.29, 0.717) is 18.1 Å². The lowest BCUT2D eigenvalue weighted by molar-refractivity contribution is 0.113. The van der Waals surface area contributed by atoms with Crippen molar-refractivity contribution in [2.24, 2.45) is 7.05 Å². The number of aryl methyl sites for hydroxylation is 1. The Hall–Kier alpha value is -0.870. The lowest BCUT2D eigenvalue weighted by atomic mass is 10.1. The number of hydrogen-bond acceptors (Lipinski definition) is 3. The summed E-state index contributed by atoms with van der Waals surface area (Å²) < 4.78 is 7.46. The highest BCUT2D eigenvalue weighted by molar-refractivity contribution is 5.20. The summed E-state index contributed by atoms with van der Waals surface area (Å²) in [5.41, 5.74) is 2.51. The summed E-state index contributed by atoms with van der Waals surface area (Å²) in [5, 5.41) is 8.10. The first kappa shape index (κ1) is 12.6. The average Bonchev–Trinajstić information content (AvgIpc) is 2.82. The minimum absolute atomic E-state index is 0.328. The molecule has 2 unspecified atom stereocenters. The minimum atomic E-state index is 0.328. The highest BCUT2D eigenvalue weighted by atomic mass is 16.5. The van der Waals surface area contributed by atoms with Crippen LogP contribution in [0.5, 0.6) is 0 Å². The van der Waals surface area contributed by atoms with Gasteiger partial charge in [-0.15, -0.1) is 0 Å². The molecule has 2 heterocycles. The van der Waals surface area contributed by atoms with E-state index >= 15 is 0 Å². The molecule has 1 aromatic rings. The van der Waals surface area contributed by atoms with Gasteiger partial charge in [0.05, 0.1) is 11.8 Å². The predicted octanol–water partition coefficient (Wildman–Crippen LogP) is 1.81. The summed E-state index contributed by atoms with van der Waals surface area (Å²) in [6, 6.07) is 0.482. The standard InChI is InChI=1S/C13H23N3O/c1-9(2)13-11(8-16(4)15-13)7-14-12-5-6-17-10(12)3/h8-10,12,14H,5-7H2,1-4H3. The van der Waals surface area contributed by atoms with E-state index in [1.54, 1.807) is 0 Å². The molecule has 0 radical (unpaired) electrons. The van der Waals surface area contributed by atoms with Crippen LogP contribution < -0.4 is 5.32 Å². The third kappa shape index (κ3) is 2.87.